The van der Waals surface area contributed by atoms with Crippen molar-refractivity contribution in [2.24, 2.45) is 0 Å². The molecule has 1 saturated heterocycles. The molecule has 2 aliphatic rings. The van der Waals surface area contributed by atoms with Crippen LogP contribution in [0.25, 0.3) is 0 Å². The summed E-state index contributed by atoms with van der Waals surface area (Å²) in [5.41, 5.74) is 1.02. The van der Waals surface area contributed by atoms with E-state index in [1.807, 2.05) is 0 Å². The quantitative estimate of drug-likeness (QED) is 0.503. The molecule has 15 heavy (non-hydrogen) atoms. The standard InChI is InChI=1S/C8H9NO3.3H2O/c1-4-2-5-3-6(10)9(5)7(4)8(11)12;;;/h5H,2-3H2,1H3,(H,11,12);3*1H2. The van der Waals surface area contributed by atoms with Crippen molar-refractivity contribution in [1.82, 2.24) is 4.90 Å². The van der Waals surface area contributed by atoms with E-state index in [-0.39, 0.29) is 34.1 Å². The Morgan fingerprint density at radius 2 is 1.87 bits per heavy atom. The van der Waals surface area contributed by atoms with Crippen molar-refractivity contribution in [1.29, 1.82) is 0 Å². The summed E-state index contributed by atoms with van der Waals surface area (Å²) in [5.74, 6) is -1.04. The maximum absolute atomic E-state index is 11.0. The lowest BCUT2D eigenvalue weighted by Crippen LogP contribution is -2.49. The molecule has 7 nitrogen and oxygen atoms in total. The first-order valence-electron chi connectivity index (χ1n) is 3.86. The molecule has 1 fully saturated rings. The van der Waals surface area contributed by atoms with Crippen LogP contribution in [-0.2, 0) is 9.59 Å². The van der Waals surface area contributed by atoms with Crippen molar-refractivity contribution in [2.75, 3.05) is 0 Å². The number of rotatable bonds is 1. The largest absolute Gasteiger partial charge is 0.477 e. The topological polar surface area (TPSA) is 152 Å². The fourth-order valence-corrected chi connectivity index (χ4v) is 1.89. The van der Waals surface area contributed by atoms with Crippen LogP contribution in [0.1, 0.15) is 19.8 Å². The second kappa shape index (κ2) is 4.87. The van der Waals surface area contributed by atoms with Gasteiger partial charge in [0, 0.05) is 12.5 Å². The zero-order chi connectivity index (χ0) is 8.88. The van der Waals surface area contributed by atoms with E-state index in [2.05, 4.69) is 0 Å². The number of hydrogen-bond donors (Lipinski definition) is 1. The lowest BCUT2D eigenvalue weighted by atomic mass is 10.0. The molecule has 1 unspecified atom stereocenters. The lowest BCUT2D eigenvalue weighted by molar-refractivity contribution is -0.147. The number of carboxylic acids is 1. The van der Waals surface area contributed by atoms with Crippen LogP contribution < -0.4 is 0 Å². The lowest BCUT2D eigenvalue weighted by Gasteiger charge is -2.35. The summed E-state index contributed by atoms with van der Waals surface area (Å²) in [7, 11) is 0. The monoisotopic (exact) mass is 221 g/mol. The van der Waals surface area contributed by atoms with Gasteiger partial charge < -0.3 is 26.4 Å². The van der Waals surface area contributed by atoms with Gasteiger partial charge in [0.2, 0.25) is 5.91 Å². The first-order valence-corrected chi connectivity index (χ1v) is 3.86. The van der Waals surface area contributed by atoms with Crippen molar-refractivity contribution in [3.05, 3.63) is 11.3 Å². The first-order chi connectivity index (χ1) is 5.61. The van der Waals surface area contributed by atoms with Gasteiger partial charge in [-0.3, -0.25) is 4.79 Å². The zero-order valence-electron chi connectivity index (χ0n) is 8.20. The molecular formula is C8H15NO6. The Morgan fingerprint density at radius 1 is 1.33 bits per heavy atom. The van der Waals surface area contributed by atoms with Gasteiger partial charge in [0.1, 0.15) is 5.70 Å². The highest BCUT2D eigenvalue weighted by molar-refractivity contribution is 5.98. The van der Waals surface area contributed by atoms with Crippen molar-refractivity contribution < 1.29 is 31.1 Å². The summed E-state index contributed by atoms with van der Waals surface area (Å²) in [6, 6.07) is 0.142. The number of carboxylic acid groups (broad SMARTS) is 1. The Morgan fingerprint density at radius 3 is 2.20 bits per heavy atom. The third-order valence-electron chi connectivity index (χ3n) is 2.43. The van der Waals surface area contributed by atoms with Crippen molar-refractivity contribution in [2.45, 2.75) is 25.8 Å². The third-order valence-corrected chi connectivity index (χ3v) is 2.43. The Kier molecular flexibility index (Phi) is 5.20. The Labute approximate surface area is 85.9 Å². The number of fused-ring (bicyclic) bond motifs is 1. The van der Waals surface area contributed by atoms with E-state index in [1.165, 1.54) is 4.90 Å². The van der Waals surface area contributed by atoms with Crippen LogP contribution in [0.3, 0.4) is 0 Å². The van der Waals surface area contributed by atoms with Crippen LogP contribution in [-0.4, -0.2) is 44.4 Å². The molecule has 2 aliphatic heterocycles. The van der Waals surface area contributed by atoms with E-state index in [0.29, 0.717) is 6.42 Å². The molecule has 0 radical (unpaired) electrons. The van der Waals surface area contributed by atoms with Gasteiger partial charge in [-0.15, -0.1) is 0 Å². The first kappa shape index (κ1) is 16.0. The highest BCUT2D eigenvalue weighted by atomic mass is 16.4. The van der Waals surface area contributed by atoms with Gasteiger partial charge in [-0.1, -0.05) is 0 Å². The average Bonchev–Trinajstić information content (AvgIpc) is 2.22. The Hall–Kier alpha value is -1.44. The second-order valence-electron chi connectivity index (χ2n) is 3.26. The highest BCUT2D eigenvalue weighted by Gasteiger charge is 2.46. The van der Waals surface area contributed by atoms with Gasteiger partial charge >= 0.3 is 5.97 Å². The molecule has 7 N–H and O–H groups in total. The van der Waals surface area contributed by atoms with Gasteiger partial charge in [-0.05, 0) is 18.9 Å². The number of nitrogens with zero attached hydrogens (tertiary/aromatic N) is 1. The number of carbonyl (C=O) groups is 2. The van der Waals surface area contributed by atoms with Crippen LogP contribution in [0.4, 0.5) is 0 Å². The molecule has 0 aliphatic carbocycles. The number of carbonyl (C=O) groups excluding carboxylic acids is 1. The Balaban J connectivity index is 0. The molecule has 0 aromatic heterocycles. The smallest absolute Gasteiger partial charge is 0.352 e. The van der Waals surface area contributed by atoms with Crippen LogP contribution >= 0.6 is 0 Å². The molecule has 0 aromatic carbocycles. The minimum atomic E-state index is -0.983. The van der Waals surface area contributed by atoms with Crippen LogP contribution in [0.2, 0.25) is 0 Å². The summed E-state index contributed by atoms with van der Waals surface area (Å²) >= 11 is 0. The van der Waals surface area contributed by atoms with Crippen LogP contribution in [0.5, 0.6) is 0 Å². The van der Waals surface area contributed by atoms with Gasteiger partial charge in [0.15, 0.2) is 0 Å². The molecule has 0 aromatic rings. The fourth-order valence-electron chi connectivity index (χ4n) is 1.89. The molecular weight excluding hydrogens is 206 g/mol. The summed E-state index contributed by atoms with van der Waals surface area (Å²) in [6.07, 6.45) is 1.24. The Bertz CT molecular complexity index is 310. The maximum Gasteiger partial charge on any atom is 0.352 e. The molecule has 2 rings (SSSR count). The molecule has 1 amide bonds. The number of amides is 1. The third kappa shape index (κ3) is 1.99. The molecule has 88 valence electrons. The highest BCUT2D eigenvalue weighted by Crippen LogP contribution is 2.37. The van der Waals surface area contributed by atoms with Gasteiger partial charge in [0.05, 0.1) is 0 Å². The molecule has 1 atom stereocenters. The fraction of sp³-hybridized carbons (Fsp3) is 0.500. The summed E-state index contributed by atoms with van der Waals surface area (Å²) in [5, 5.41) is 8.77. The molecule has 0 spiro atoms. The predicted octanol–water partition coefficient (Wildman–Crippen LogP) is -2.12. The van der Waals surface area contributed by atoms with Crippen molar-refractivity contribution in [3.8, 4) is 0 Å². The minimum Gasteiger partial charge on any atom is -0.477 e. The number of β-lactam (4-membered cyclic amide) rings is 1. The summed E-state index contributed by atoms with van der Waals surface area (Å²) < 4.78 is 0. The SMILES string of the molecule is CC1=C(C(=O)O)N2C(=O)CC2C1.O.O.O. The van der Waals surface area contributed by atoms with E-state index < -0.39 is 5.97 Å². The normalized spacial score (nSPS) is 21.8. The van der Waals surface area contributed by atoms with Crippen molar-refractivity contribution in [3.63, 3.8) is 0 Å². The van der Waals surface area contributed by atoms with E-state index in [0.717, 1.165) is 12.0 Å². The van der Waals surface area contributed by atoms with E-state index in [9.17, 15) is 9.59 Å². The van der Waals surface area contributed by atoms with Crippen LogP contribution in [0, 0.1) is 0 Å². The molecule has 7 heteroatoms. The van der Waals surface area contributed by atoms with E-state index in [4.69, 9.17) is 5.11 Å². The second-order valence-corrected chi connectivity index (χ2v) is 3.26. The van der Waals surface area contributed by atoms with Gasteiger partial charge in [0.25, 0.3) is 0 Å². The molecule has 0 bridgehead atoms. The average molecular weight is 221 g/mol. The maximum atomic E-state index is 11.0. The van der Waals surface area contributed by atoms with Crippen molar-refractivity contribution >= 4 is 11.9 Å². The summed E-state index contributed by atoms with van der Waals surface area (Å²) in [6.45, 7) is 1.77. The van der Waals surface area contributed by atoms with E-state index in [1.54, 1.807) is 6.92 Å². The zero-order valence-corrected chi connectivity index (χ0v) is 8.20. The molecule has 0 saturated carbocycles. The minimum absolute atomic E-state index is 0. The number of aliphatic carboxylic acids is 1. The van der Waals surface area contributed by atoms with E-state index >= 15 is 0 Å². The molecule has 2 heterocycles. The van der Waals surface area contributed by atoms with Gasteiger partial charge in [-0.25, -0.2) is 4.79 Å². The summed E-state index contributed by atoms with van der Waals surface area (Å²) in [4.78, 5) is 23.1. The van der Waals surface area contributed by atoms with Crippen LogP contribution in [0.15, 0.2) is 11.3 Å². The predicted molar refractivity (Wildman–Crippen MR) is 51.0 cm³/mol. The van der Waals surface area contributed by atoms with Gasteiger partial charge in [-0.2, -0.15) is 0 Å². The number of hydrogen-bond acceptors (Lipinski definition) is 2.